The first-order chi connectivity index (χ1) is 35.1. The molecule has 3 aromatic carbocycles. The van der Waals surface area contributed by atoms with E-state index in [-0.39, 0.29) is 53.6 Å². The molecule has 4 saturated heterocycles. The van der Waals surface area contributed by atoms with Gasteiger partial charge in [-0.1, -0.05) is 39.8 Å². The Morgan fingerprint density at radius 3 is 1.47 bits per heavy atom. The molecule has 2 aromatic heterocycles. The molecule has 4 N–H and O–H groups in total. The SMILES string of the molecule is COC(=O)NC(C(=O)N1C[C@H](OC)C[C@H]1c1nc2cc([C@H]3CC[C@H](c4ccc5[nH]c([C@@H]6C[C@@H](OC)CN6C(=O)[C@@H](NC(=O)OC)C(C)C)nc5c4)N3c3cc(F)c(N4CCCCC4)c(F)c3)ccc2[nH]1)C(C)C. The van der Waals surface area contributed by atoms with Gasteiger partial charge in [0.05, 0.1) is 72.7 Å². The average Bonchev–Trinajstić information content (AvgIpc) is 4.24. The Kier molecular flexibility index (Phi) is 15.1. The fourth-order valence-electron chi connectivity index (χ4n) is 11.5. The van der Waals surface area contributed by atoms with E-state index in [2.05, 4.69) is 25.5 Å². The molecule has 4 aliphatic heterocycles. The summed E-state index contributed by atoms with van der Waals surface area (Å²) < 4.78 is 54.2. The highest BCUT2D eigenvalue weighted by atomic mass is 19.1. The maximum atomic E-state index is 16.5. The van der Waals surface area contributed by atoms with Gasteiger partial charge in [0, 0.05) is 58.9 Å². The van der Waals surface area contributed by atoms with E-state index in [4.69, 9.17) is 28.9 Å². The molecule has 1 unspecified atom stereocenters. The average molecular weight is 1010 g/mol. The molecular formula is C53H68F2N10O8. The highest BCUT2D eigenvalue weighted by Crippen LogP contribution is 2.49. The van der Waals surface area contributed by atoms with Crippen molar-refractivity contribution in [3.63, 3.8) is 0 Å². The minimum absolute atomic E-state index is 0.00132. The lowest BCUT2D eigenvalue weighted by Gasteiger charge is -2.35. The Labute approximate surface area is 423 Å². The van der Waals surface area contributed by atoms with Gasteiger partial charge in [0.1, 0.15) is 29.4 Å². The summed E-state index contributed by atoms with van der Waals surface area (Å²) in [5.41, 5.74) is 5.03. The second kappa shape index (κ2) is 21.5. The molecule has 5 aromatic rings. The molecule has 6 heterocycles. The number of likely N-dealkylation sites (tertiary alicyclic amines) is 2. The second-order valence-electron chi connectivity index (χ2n) is 20.5. The normalized spacial score (nSPS) is 23.2. The number of aromatic amines is 2. The van der Waals surface area contributed by atoms with E-state index < -0.39 is 48.0 Å². The van der Waals surface area contributed by atoms with Crippen LogP contribution < -0.4 is 20.4 Å². The van der Waals surface area contributed by atoms with Crippen molar-refractivity contribution in [1.29, 1.82) is 0 Å². The number of carbonyl (C=O) groups is 4. The van der Waals surface area contributed by atoms with E-state index in [1.807, 2.05) is 69.0 Å². The largest absolute Gasteiger partial charge is 0.453 e. The highest BCUT2D eigenvalue weighted by molar-refractivity contribution is 5.88. The van der Waals surface area contributed by atoms with Gasteiger partial charge in [-0.05, 0) is 91.5 Å². The topological polar surface area (TPSA) is 200 Å². The van der Waals surface area contributed by atoms with Gasteiger partial charge in [-0.25, -0.2) is 28.3 Å². The van der Waals surface area contributed by atoms with Crippen molar-refractivity contribution in [1.82, 2.24) is 40.4 Å². The first-order valence-electron chi connectivity index (χ1n) is 25.5. The monoisotopic (exact) mass is 1010 g/mol. The summed E-state index contributed by atoms with van der Waals surface area (Å²) in [4.78, 5) is 77.3. The molecule has 73 heavy (non-hydrogen) atoms. The molecule has 8 atom stereocenters. The summed E-state index contributed by atoms with van der Waals surface area (Å²) in [6, 6.07) is 11.6. The zero-order valence-corrected chi connectivity index (χ0v) is 42.9. The molecule has 4 fully saturated rings. The summed E-state index contributed by atoms with van der Waals surface area (Å²) in [7, 11) is 5.74. The zero-order valence-electron chi connectivity index (χ0n) is 42.9. The van der Waals surface area contributed by atoms with Crippen molar-refractivity contribution in [2.24, 2.45) is 11.8 Å². The minimum atomic E-state index is -0.833. The van der Waals surface area contributed by atoms with Crippen LogP contribution in [-0.2, 0) is 28.5 Å². The number of nitrogens with one attached hydrogen (secondary N) is 4. The quantitative estimate of drug-likeness (QED) is 0.0834. The van der Waals surface area contributed by atoms with Crippen molar-refractivity contribution in [3.8, 4) is 0 Å². The summed E-state index contributed by atoms with van der Waals surface area (Å²) in [6.07, 6.45) is 3.11. The smallest absolute Gasteiger partial charge is 0.407 e. The number of anilines is 2. The van der Waals surface area contributed by atoms with Crippen molar-refractivity contribution in [2.75, 3.05) is 64.4 Å². The number of aromatic nitrogens is 4. The van der Waals surface area contributed by atoms with Gasteiger partial charge in [-0.15, -0.1) is 0 Å². The number of amides is 4. The third-order valence-corrected chi connectivity index (χ3v) is 15.4. The number of benzene rings is 3. The van der Waals surface area contributed by atoms with E-state index in [9.17, 15) is 19.2 Å². The van der Waals surface area contributed by atoms with E-state index in [1.54, 1.807) is 24.0 Å². The van der Waals surface area contributed by atoms with Crippen LogP contribution in [0.1, 0.15) is 120 Å². The Hall–Kier alpha value is -6.54. The van der Waals surface area contributed by atoms with Crippen LogP contribution in [0.3, 0.4) is 0 Å². The number of ether oxygens (including phenoxy) is 4. The van der Waals surface area contributed by atoms with E-state index >= 15 is 8.78 Å². The molecule has 0 spiro atoms. The second-order valence-corrected chi connectivity index (χ2v) is 20.5. The molecule has 392 valence electrons. The van der Waals surface area contributed by atoms with Crippen LogP contribution in [0.25, 0.3) is 22.1 Å². The number of rotatable bonds is 14. The number of fused-ring (bicyclic) bond motifs is 2. The Balaban J connectivity index is 1.05. The molecule has 18 nitrogen and oxygen atoms in total. The highest BCUT2D eigenvalue weighted by Gasteiger charge is 2.44. The van der Waals surface area contributed by atoms with Crippen LogP contribution in [0.5, 0.6) is 0 Å². The first kappa shape index (κ1) is 51.4. The van der Waals surface area contributed by atoms with Crippen LogP contribution in [0.4, 0.5) is 29.7 Å². The van der Waals surface area contributed by atoms with Crippen molar-refractivity contribution in [2.45, 2.75) is 121 Å². The van der Waals surface area contributed by atoms with Gasteiger partial charge in [-0.2, -0.15) is 0 Å². The van der Waals surface area contributed by atoms with Crippen molar-refractivity contribution >= 4 is 57.4 Å². The molecule has 0 saturated carbocycles. The summed E-state index contributed by atoms with van der Waals surface area (Å²) in [6.45, 7) is 9.23. The molecule has 0 aliphatic carbocycles. The number of hydrogen-bond acceptors (Lipinski definition) is 12. The summed E-state index contributed by atoms with van der Waals surface area (Å²) >= 11 is 0. The number of piperidine rings is 1. The Bertz CT molecular complexity index is 2660. The van der Waals surface area contributed by atoms with Crippen LogP contribution in [0, 0.1) is 23.5 Å². The number of halogens is 2. The third kappa shape index (κ3) is 10.2. The molecule has 20 heteroatoms. The lowest BCUT2D eigenvalue weighted by atomic mass is 10.0. The van der Waals surface area contributed by atoms with E-state index in [0.29, 0.717) is 80.2 Å². The van der Waals surface area contributed by atoms with Gasteiger partial charge in [0.2, 0.25) is 11.8 Å². The van der Waals surface area contributed by atoms with Crippen LogP contribution in [0.2, 0.25) is 0 Å². The maximum absolute atomic E-state index is 16.5. The third-order valence-electron chi connectivity index (χ3n) is 15.4. The molecule has 4 amide bonds. The zero-order chi connectivity index (χ0) is 51.8. The van der Waals surface area contributed by atoms with Gasteiger partial charge in [0.25, 0.3) is 0 Å². The predicted octanol–water partition coefficient (Wildman–Crippen LogP) is 8.13. The molecular weight excluding hydrogens is 943 g/mol. The van der Waals surface area contributed by atoms with E-state index in [0.717, 1.165) is 41.4 Å². The number of H-pyrrole nitrogens is 2. The predicted molar refractivity (Wildman–Crippen MR) is 270 cm³/mol. The maximum Gasteiger partial charge on any atom is 0.407 e. The van der Waals surface area contributed by atoms with Crippen LogP contribution >= 0.6 is 0 Å². The number of hydrogen-bond donors (Lipinski definition) is 4. The van der Waals surface area contributed by atoms with Gasteiger partial charge >= 0.3 is 12.2 Å². The van der Waals surface area contributed by atoms with Crippen LogP contribution in [-0.4, -0.2) is 133 Å². The standard InChI is InChI=1S/C53H68F2N10O8/c1-28(2)45(60-52(68)72-7)50(66)63-26-33(70-5)24-43(63)48-56-37-14-12-30(20-39(37)58-48)41-16-17-42(65(41)32-22-35(54)47(36(55)23-32)62-18-10-9-11-19-62)31-13-15-38-40(21-31)59-49(57-38)44-25-34(71-6)27-64(44)51(67)46(29(3)4)61-53(69)73-8/h12-15,20-23,28-29,33-34,41-46H,9-11,16-19,24-27H2,1-8H3,(H,56,58)(H,57,59)(H,60,68)(H,61,69)/t33-,34-,41-,42-,43+,44+,45+,46?/m1/s1. The summed E-state index contributed by atoms with van der Waals surface area (Å²) in [5.74, 6) is -1.06. The van der Waals surface area contributed by atoms with Gasteiger partial charge in [0.15, 0.2) is 11.6 Å². The summed E-state index contributed by atoms with van der Waals surface area (Å²) in [5, 5.41) is 5.40. The fourth-order valence-corrected chi connectivity index (χ4v) is 11.5. The number of carbonyl (C=O) groups excluding carboxylic acids is 4. The Morgan fingerprint density at radius 1 is 0.630 bits per heavy atom. The minimum Gasteiger partial charge on any atom is -0.453 e. The molecule has 0 radical (unpaired) electrons. The van der Waals surface area contributed by atoms with E-state index in [1.165, 1.54) is 26.4 Å². The first-order valence-corrected chi connectivity index (χ1v) is 25.5. The van der Waals surface area contributed by atoms with Crippen molar-refractivity contribution < 1.29 is 46.9 Å². The molecule has 4 aliphatic rings. The van der Waals surface area contributed by atoms with Gasteiger partial charge < -0.3 is 59.1 Å². The molecule has 9 rings (SSSR count). The molecule has 0 bridgehead atoms. The number of alkyl carbamates (subject to hydrolysis) is 2. The van der Waals surface area contributed by atoms with Gasteiger partial charge in [-0.3, -0.25) is 9.59 Å². The Morgan fingerprint density at radius 2 is 1.07 bits per heavy atom. The number of methoxy groups -OCH3 is 4. The van der Waals surface area contributed by atoms with Crippen molar-refractivity contribution in [3.05, 3.63) is 82.9 Å². The number of imidazole rings is 2. The number of nitrogens with zero attached hydrogens (tertiary/aromatic N) is 6. The lowest BCUT2D eigenvalue weighted by molar-refractivity contribution is -0.136. The van der Waals surface area contributed by atoms with Crippen LogP contribution in [0.15, 0.2) is 48.5 Å². The fraction of sp³-hybridized carbons (Fsp3) is 0.547. The lowest BCUT2D eigenvalue weighted by Crippen LogP contribution is -2.51.